The van der Waals surface area contributed by atoms with E-state index in [1.54, 1.807) is 6.33 Å². The van der Waals surface area contributed by atoms with Gasteiger partial charge in [0.25, 0.3) is 0 Å². The van der Waals surface area contributed by atoms with E-state index in [1.165, 1.54) is 62.9 Å². The highest BCUT2D eigenvalue weighted by atomic mass is 15.1. The number of hydrogen-bond acceptors (Lipinski definition) is 4. The van der Waals surface area contributed by atoms with Gasteiger partial charge in [-0.1, -0.05) is 6.42 Å². The van der Waals surface area contributed by atoms with E-state index < -0.39 is 0 Å². The smallest absolute Gasteiger partial charge is 0.132 e. The molecule has 0 spiro atoms. The topological polar surface area (TPSA) is 41.0 Å². The molecule has 1 saturated heterocycles. The minimum Gasteiger partial charge on any atom is -0.370 e. The molecule has 2 aliphatic rings. The van der Waals surface area contributed by atoms with Crippen molar-refractivity contribution in [2.24, 2.45) is 5.92 Å². The first kappa shape index (κ1) is 14.8. The Balaban J connectivity index is 1.53. The molecule has 1 N–H and O–H groups in total. The number of hydrogen-bond donors (Lipinski definition) is 1. The molecule has 3 rings (SSSR count). The van der Waals surface area contributed by atoms with E-state index in [1.807, 2.05) is 0 Å². The van der Waals surface area contributed by atoms with Crippen LogP contribution in [0.2, 0.25) is 0 Å². The Hall–Kier alpha value is -1.16. The van der Waals surface area contributed by atoms with Crippen molar-refractivity contribution in [1.82, 2.24) is 14.9 Å². The van der Waals surface area contributed by atoms with Crippen LogP contribution in [0.5, 0.6) is 0 Å². The van der Waals surface area contributed by atoms with Gasteiger partial charge < -0.3 is 10.2 Å². The zero-order valence-corrected chi connectivity index (χ0v) is 13.3. The number of rotatable bonds is 4. The Morgan fingerprint density at radius 3 is 2.81 bits per heavy atom. The number of fused-ring (bicyclic) bond motifs is 1. The normalized spacial score (nSPS) is 20.8. The molecule has 1 fully saturated rings. The zero-order chi connectivity index (χ0) is 14.5. The highest BCUT2D eigenvalue weighted by Gasteiger charge is 2.17. The van der Waals surface area contributed by atoms with Gasteiger partial charge in [0.05, 0.1) is 0 Å². The number of aryl methyl sites for hydroxylation is 1. The van der Waals surface area contributed by atoms with Crippen LogP contribution >= 0.6 is 0 Å². The lowest BCUT2D eigenvalue weighted by Gasteiger charge is -2.29. The summed E-state index contributed by atoms with van der Waals surface area (Å²) in [5.41, 5.74) is 2.67. The van der Waals surface area contributed by atoms with Crippen LogP contribution in [0, 0.1) is 5.92 Å². The number of anilines is 1. The van der Waals surface area contributed by atoms with Crippen molar-refractivity contribution < 1.29 is 0 Å². The zero-order valence-electron chi connectivity index (χ0n) is 13.3. The van der Waals surface area contributed by atoms with E-state index in [-0.39, 0.29) is 0 Å². The number of nitrogens with zero attached hydrogens (tertiary/aromatic N) is 3. The fourth-order valence-corrected chi connectivity index (χ4v) is 3.60. The Bertz CT molecular complexity index is 452. The van der Waals surface area contributed by atoms with Crippen LogP contribution in [0.15, 0.2) is 6.33 Å². The van der Waals surface area contributed by atoms with Crippen LogP contribution < -0.4 is 5.32 Å². The van der Waals surface area contributed by atoms with E-state index in [0.29, 0.717) is 0 Å². The molecule has 4 nitrogen and oxygen atoms in total. The predicted octanol–water partition coefficient (Wildman–Crippen LogP) is 2.89. The minimum atomic E-state index is 0.883. The molecule has 1 aliphatic heterocycles. The van der Waals surface area contributed by atoms with Gasteiger partial charge in [-0.3, -0.25) is 0 Å². The van der Waals surface area contributed by atoms with Gasteiger partial charge in [0.1, 0.15) is 12.1 Å². The summed E-state index contributed by atoms with van der Waals surface area (Å²) in [6, 6.07) is 0. The van der Waals surface area contributed by atoms with Crippen molar-refractivity contribution in [2.75, 3.05) is 32.0 Å². The lowest BCUT2D eigenvalue weighted by atomic mass is 9.94. The second-order valence-electron chi connectivity index (χ2n) is 6.67. The van der Waals surface area contributed by atoms with Crippen molar-refractivity contribution >= 4 is 5.82 Å². The molecule has 2 heterocycles. The van der Waals surface area contributed by atoms with E-state index >= 15 is 0 Å². The van der Waals surface area contributed by atoms with Crippen LogP contribution in [0.1, 0.15) is 49.8 Å². The van der Waals surface area contributed by atoms with Crippen molar-refractivity contribution in [3.05, 3.63) is 17.6 Å². The fraction of sp³-hybridized carbons (Fsp3) is 0.765. The van der Waals surface area contributed by atoms with Crippen LogP contribution in [0.25, 0.3) is 0 Å². The Kier molecular flexibility index (Phi) is 5.07. The molecule has 0 amide bonds. The van der Waals surface area contributed by atoms with Gasteiger partial charge in [-0.05, 0) is 71.0 Å². The number of aromatic nitrogens is 2. The van der Waals surface area contributed by atoms with Crippen molar-refractivity contribution in [1.29, 1.82) is 0 Å². The van der Waals surface area contributed by atoms with Crippen LogP contribution in [-0.4, -0.2) is 41.5 Å². The van der Waals surface area contributed by atoms with Gasteiger partial charge in [-0.15, -0.1) is 0 Å². The third-order valence-corrected chi connectivity index (χ3v) is 5.06. The quantitative estimate of drug-likeness (QED) is 0.865. The first-order valence-electron chi connectivity index (χ1n) is 8.58. The summed E-state index contributed by atoms with van der Waals surface area (Å²) in [4.78, 5) is 11.4. The molecule has 1 aromatic heterocycles. The monoisotopic (exact) mass is 288 g/mol. The lowest BCUT2D eigenvalue weighted by molar-refractivity contribution is 0.215. The molecular weight excluding hydrogens is 260 g/mol. The maximum Gasteiger partial charge on any atom is 0.132 e. The third kappa shape index (κ3) is 3.94. The second kappa shape index (κ2) is 7.21. The van der Waals surface area contributed by atoms with E-state index in [0.717, 1.165) is 31.1 Å². The summed E-state index contributed by atoms with van der Waals surface area (Å²) in [7, 11) is 2.23. The van der Waals surface area contributed by atoms with Crippen molar-refractivity contribution in [3.8, 4) is 0 Å². The van der Waals surface area contributed by atoms with Gasteiger partial charge in [0.2, 0.25) is 0 Å². The molecule has 0 saturated carbocycles. The summed E-state index contributed by atoms with van der Waals surface area (Å²) in [6.45, 7) is 3.57. The van der Waals surface area contributed by atoms with Gasteiger partial charge in [0, 0.05) is 17.8 Å². The van der Waals surface area contributed by atoms with Crippen LogP contribution in [0.3, 0.4) is 0 Å². The van der Waals surface area contributed by atoms with E-state index in [2.05, 4.69) is 27.2 Å². The van der Waals surface area contributed by atoms with E-state index in [4.69, 9.17) is 0 Å². The lowest BCUT2D eigenvalue weighted by Crippen LogP contribution is -2.31. The van der Waals surface area contributed by atoms with Gasteiger partial charge >= 0.3 is 0 Å². The van der Waals surface area contributed by atoms with Crippen LogP contribution in [-0.2, 0) is 12.8 Å². The fourth-order valence-electron chi connectivity index (χ4n) is 3.60. The highest BCUT2D eigenvalue weighted by molar-refractivity contribution is 5.46. The molecule has 1 aliphatic carbocycles. The predicted molar refractivity (Wildman–Crippen MR) is 86.6 cm³/mol. The number of piperidine rings is 1. The highest BCUT2D eigenvalue weighted by Crippen LogP contribution is 2.24. The molecule has 0 aromatic carbocycles. The maximum absolute atomic E-state index is 4.50. The maximum atomic E-state index is 4.50. The third-order valence-electron chi connectivity index (χ3n) is 5.06. The van der Waals surface area contributed by atoms with E-state index in [9.17, 15) is 0 Å². The number of likely N-dealkylation sites (tertiary alicyclic amines) is 1. The van der Waals surface area contributed by atoms with Crippen molar-refractivity contribution in [3.63, 3.8) is 0 Å². The average Bonchev–Trinajstić information content (AvgIpc) is 2.75. The second-order valence-corrected chi connectivity index (χ2v) is 6.67. The average molecular weight is 288 g/mol. The summed E-state index contributed by atoms with van der Waals surface area (Å²) in [5, 5.41) is 3.59. The molecule has 0 bridgehead atoms. The van der Waals surface area contributed by atoms with Gasteiger partial charge in [-0.25, -0.2) is 9.97 Å². The van der Waals surface area contributed by atoms with Gasteiger partial charge in [-0.2, -0.15) is 0 Å². The first-order valence-corrected chi connectivity index (χ1v) is 8.58. The summed E-state index contributed by atoms with van der Waals surface area (Å²) in [5.74, 6) is 1.99. The molecule has 21 heavy (non-hydrogen) atoms. The molecule has 1 aromatic rings. The first-order chi connectivity index (χ1) is 10.3. The SMILES string of the molecule is CN1CCC(CCNc2ncnc3c2CCCCC3)CC1. The molecular formula is C17H28N4. The molecule has 0 radical (unpaired) electrons. The Labute approximate surface area is 128 Å². The molecule has 0 unspecified atom stereocenters. The summed E-state index contributed by atoms with van der Waals surface area (Å²) >= 11 is 0. The number of nitrogens with one attached hydrogen (secondary N) is 1. The van der Waals surface area contributed by atoms with Gasteiger partial charge in [0.15, 0.2) is 0 Å². The largest absolute Gasteiger partial charge is 0.370 e. The van der Waals surface area contributed by atoms with Crippen LogP contribution in [0.4, 0.5) is 5.82 Å². The summed E-state index contributed by atoms with van der Waals surface area (Å²) in [6.07, 6.45) is 11.9. The Morgan fingerprint density at radius 2 is 1.95 bits per heavy atom. The molecule has 116 valence electrons. The molecule has 4 heteroatoms. The Morgan fingerprint density at radius 1 is 1.14 bits per heavy atom. The minimum absolute atomic E-state index is 0.883. The summed E-state index contributed by atoms with van der Waals surface area (Å²) < 4.78 is 0. The molecule has 0 atom stereocenters. The standard InChI is InChI=1S/C17H28N4/c1-21-11-8-14(9-12-21)7-10-18-17-15-5-3-2-4-6-16(15)19-13-20-17/h13-14H,2-12H2,1H3,(H,18,19,20). The van der Waals surface area contributed by atoms with Crippen molar-refractivity contribution in [2.45, 2.75) is 51.4 Å².